The molecule has 1 atom stereocenters. The first-order valence-corrected chi connectivity index (χ1v) is 6.00. The lowest BCUT2D eigenvalue weighted by molar-refractivity contribution is -0.0606. The van der Waals surface area contributed by atoms with Crippen molar-refractivity contribution >= 4 is 0 Å². The average Bonchev–Trinajstić information content (AvgIpc) is 2.39. The Morgan fingerprint density at radius 3 is 2.33 bits per heavy atom. The predicted molar refractivity (Wildman–Crippen MR) is 62.9 cm³/mol. The van der Waals surface area contributed by atoms with Crippen molar-refractivity contribution in [1.29, 1.82) is 0 Å². The molecule has 0 radical (unpaired) electrons. The molecule has 1 aromatic rings. The largest absolute Gasteiger partial charge is 0.388 e. The van der Waals surface area contributed by atoms with Crippen molar-refractivity contribution in [1.82, 2.24) is 0 Å². The van der Waals surface area contributed by atoms with Gasteiger partial charge >= 0.3 is 0 Å². The van der Waals surface area contributed by atoms with Crippen molar-refractivity contribution in [3.8, 4) is 0 Å². The van der Waals surface area contributed by atoms with E-state index in [2.05, 4.69) is 0 Å². The van der Waals surface area contributed by atoms with Crippen LogP contribution in [0.15, 0.2) is 18.2 Å². The number of benzene rings is 1. The van der Waals surface area contributed by atoms with E-state index in [1.807, 2.05) is 0 Å². The van der Waals surface area contributed by atoms with Gasteiger partial charge in [-0.2, -0.15) is 0 Å². The maximum absolute atomic E-state index is 13.7. The maximum atomic E-state index is 13.7. The highest BCUT2D eigenvalue weighted by Crippen LogP contribution is 2.43. The molecular weight excluding hydrogens is 240 g/mol. The number of aliphatic hydroxyl groups is 1. The minimum absolute atomic E-state index is 0.172. The second-order valence-corrected chi connectivity index (χ2v) is 4.72. The van der Waals surface area contributed by atoms with Gasteiger partial charge in [-0.15, -0.1) is 0 Å². The van der Waals surface area contributed by atoms with Gasteiger partial charge in [0.05, 0.1) is 11.7 Å². The fourth-order valence-electron chi connectivity index (χ4n) is 2.45. The van der Waals surface area contributed by atoms with Crippen molar-refractivity contribution in [3.05, 3.63) is 35.4 Å². The summed E-state index contributed by atoms with van der Waals surface area (Å²) in [7, 11) is 0. The molecule has 3 nitrogen and oxygen atoms in total. The van der Waals surface area contributed by atoms with Crippen LogP contribution < -0.4 is 5.73 Å². The van der Waals surface area contributed by atoms with E-state index < -0.39 is 23.2 Å². The first-order valence-electron chi connectivity index (χ1n) is 6.00. The van der Waals surface area contributed by atoms with E-state index in [0.717, 1.165) is 12.1 Å². The van der Waals surface area contributed by atoms with Gasteiger partial charge in [-0.1, -0.05) is 6.07 Å². The van der Waals surface area contributed by atoms with Crippen LogP contribution in [0.2, 0.25) is 0 Å². The third-order valence-electron chi connectivity index (χ3n) is 3.75. The van der Waals surface area contributed by atoms with Crippen LogP contribution >= 0.6 is 0 Å². The molecule has 1 saturated heterocycles. The summed E-state index contributed by atoms with van der Waals surface area (Å²) in [5, 5.41) is 10.3. The van der Waals surface area contributed by atoms with Crippen LogP contribution in [0.5, 0.6) is 0 Å². The molecule has 1 unspecified atom stereocenters. The van der Waals surface area contributed by atoms with Crippen molar-refractivity contribution in [2.75, 3.05) is 19.8 Å². The molecule has 2 rings (SSSR count). The Hall–Kier alpha value is -1.04. The van der Waals surface area contributed by atoms with Crippen LogP contribution in [0.3, 0.4) is 0 Å². The number of rotatable bonds is 3. The molecule has 0 aliphatic carbocycles. The summed E-state index contributed by atoms with van der Waals surface area (Å²) >= 11 is 0. The molecule has 1 aromatic carbocycles. The zero-order valence-electron chi connectivity index (χ0n) is 10.0. The molecule has 0 saturated carbocycles. The highest BCUT2D eigenvalue weighted by molar-refractivity contribution is 5.24. The summed E-state index contributed by atoms with van der Waals surface area (Å²) in [5.41, 5.74) is 4.72. The number of halogens is 2. The minimum Gasteiger partial charge on any atom is -0.388 e. The highest BCUT2D eigenvalue weighted by Gasteiger charge is 2.41. The van der Waals surface area contributed by atoms with E-state index in [1.165, 1.54) is 6.07 Å². The van der Waals surface area contributed by atoms with Gasteiger partial charge in [-0.25, -0.2) is 8.78 Å². The van der Waals surface area contributed by atoms with Gasteiger partial charge < -0.3 is 15.6 Å². The molecule has 100 valence electrons. The molecular formula is C13H17F2NO2. The van der Waals surface area contributed by atoms with Gasteiger partial charge in [0.15, 0.2) is 0 Å². The molecule has 5 heteroatoms. The lowest BCUT2D eigenvalue weighted by atomic mass is 9.73. The van der Waals surface area contributed by atoms with E-state index in [0.29, 0.717) is 26.1 Å². The van der Waals surface area contributed by atoms with Crippen molar-refractivity contribution in [2.45, 2.75) is 18.9 Å². The highest BCUT2D eigenvalue weighted by atomic mass is 19.1. The molecule has 0 amide bonds. The second kappa shape index (κ2) is 5.30. The van der Waals surface area contributed by atoms with Crippen molar-refractivity contribution < 1.29 is 18.6 Å². The van der Waals surface area contributed by atoms with E-state index in [9.17, 15) is 13.9 Å². The van der Waals surface area contributed by atoms with Crippen LogP contribution in [0.1, 0.15) is 24.5 Å². The quantitative estimate of drug-likeness (QED) is 0.867. The molecule has 3 N–H and O–H groups in total. The Bertz CT molecular complexity index is 399. The monoisotopic (exact) mass is 257 g/mol. The lowest BCUT2D eigenvalue weighted by Crippen LogP contribution is -2.42. The van der Waals surface area contributed by atoms with E-state index in [4.69, 9.17) is 10.5 Å². The molecule has 1 heterocycles. The fourth-order valence-corrected chi connectivity index (χ4v) is 2.45. The fraction of sp³-hybridized carbons (Fsp3) is 0.538. The van der Waals surface area contributed by atoms with Gasteiger partial charge in [0, 0.05) is 25.2 Å². The van der Waals surface area contributed by atoms with Gasteiger partial charge in [0.2, 0.25) is 0 Å². The summed E-state index contributed by atoms with van der Waals surface area (Å²) in [6, 6.07) is 3.57. The molecule has 18 heavy (non-hydrogen) atoms. The summed E-state index contributed by atoms with van der Waals surface area (Å²) in [4.78, 5) is 0. The summed E-state index contributed by atoms with van der Waals surface area (Å²) in [6.07, 6.45) is -0.246. The SMILES string of the molecule is NCC1(C(O)c2c(F)cccc2F)CCOCC1. The Kier molecular flexibility index (Phi) is 3.94. The van der Waals surface area contributed by atoms with E-state index >= 15 is 0 Å². The third-order valence-corrected chi connectivity index (χ3v) is 3.75. The van der Waals surface area contributed by atoms with Crippen molar-refractivity contribution in [2.24, 2.45) is 11.1 Å². The molecule has 0 spiro atoms. The Balaban J connectivity index is 2.36. The van der Waals surface area contributed by atoms with Gasteiger partial charge in [0.25, 0.3) is 0 Å². The van der Waals surface area contributed by atoms with E-state index in [1.54, 1.807) is 0 Å². The number of aliphatic hydroxyl groups excluding tert-OH is 1. The van der Waals surface area contributed by atoms with Crippen LogP contribution in [0.4, 0.5) is 8.78 Å². The van der Waals surface area contributed by atoms with Gasteiger partial charge in [-0.05, 0) is 25.0 Å². The zero-order chi connectivity index (χ0) is 13.2. The Morgan fingerprint density at radius 2 is 1.83 bits per heavy atom. The smallest absolute Gasteiger partial charge is 0.131 e. The van der Waals surface area contributed by atoms with Crippen LogP contribution in [0.25, 0.3) is 0 Å². The van der Waals surface area contributed by atoms with Crippen LogP contribution in [0, 0.1) is 17.0 Å². The number of hydrogen-bond donors (Lipinski definition) is 2. The molecule has 0 aromatic heterocycles. The minimum atomic E-state index is -1.24. The molecule has 1 aliphatic rings. The Labute approximate surface area is 105 Å². The van der Waals surface area contributed by atoms with Crippen LogP contribution in [-0.4, -0.2) is 24.9 Å². The van der Waals surface area contributed by atoms with Crippen molar-refractivity contribution in [3.63, 3.8) is 0 Å². The summed E-state index contributed by atoms with van der Waals surface area (Å²) in [5.74, 6) is -1.47. The zero-order valence-corrected chi connectivity index (χ0v) is 10.0. The molecule has 1 fully saturated rings. The number of nitrogens with two attached hydrogens (primary N) is 1. The Morgan fingerprint density at radius 1 is 1.28 bits per heavy atom. The average molecular weight is 257 g/mol. The molecule has 0 bridgehead atoms. The summed E-state index contributed by atoms with van der Waals surface area (Å²) < 4.78 is 32.6. The van der Waals surface area contributed by atoms with Gasteiger partial charge in [0.1, 0.15) is 11.6 Å². The number of ether oxygens (including phenoxy) is 1. The first-order chi connectivity index (χ1) is 8.60. The second-order valence-electron chi connectivity index (χ2n) is 4.72. The standard InChI is InChI=1S/C13H17F2NO2/c14-9-2-1-3-10(15)11(9)12(17)13(8-16)4-6-18-7-5-13/h1-3,12,17H,4-8,16H2. The number of hydrogen-bond acceptors (Lipinski definition) is 3. The maximum Gasteiger partial charge on any atom is 0.131 e. The lowest BCUT2D eigenvalue weighted by Gasteiger charge is -2.40. The summed E-state index contributed by atoms with van der Waals surface area (Å²) in [6.45, 7) is 1.07. The van der Waals surface area contributed by atoms with E-state index in [-0.39, 0.29) is 12.1 Å². The normalized spacial score (nSPS) is 20.7. The predicted octanol–water partition coefficient (Wildman–Crippen LogP) is 1.75. The third kappa shape index (κ3) is 2.25. The first kappa shape index (κ1) is 13.4. The van der Waals surface area contributed by atoms with Gasteiger partial charge in [-0.3, -0.25) is 0 Å². The van der Waals surface area contributed by atoms with Crippen LogP contribution in [-0.2, 0) is 4.74 Å². The molecule has 1 aliphatic heterocycles. The topological polar surface area (TPSA) is 55.5 Å².